The molecule has 0 rings (SSSR count). The maximum Gasteiger partial charge on any atom is 0.172 e. The van der Waals surface area contributed by atoms with Crippen molar-refractivity contribution in [2.24, 2.45) is 0 Å². The van der Waals surface area contributed by atoms with E-state index in [4.69, 9.17) is 9.47 Å². The van der Waals surface area contributed by atoms with Crippen molar-refractivity contribution in [3.05, 3.63) is 12.2 Å². The maximum absolute atomic E-state index is 6.14. The predicted octanol–water partition coefficient (Wildman–Crippen LogP) is 8.91. The van der Waals surface area contributed by atoms with Gasteiger partial charge in [-0.15, -0.1) is 0 Å². The minimum Gasteiger partial charge on any atom is -0.351 e. The first kappa shape index (κ1) is 31.6. The molecule has 0 saturated heterocycles. The molecule has 2 atom stereocenters. The minimum atomic E-state index is -0.102. The Morgan fingerprint density at radius 3 is 1.38 bits per heavy atom. The number of unbranched alkanes of at least 4 members (excludes halogenated alkanes) is 15. The number of allylic oxidation sites excluding steroid dienone is 2. The van der Waals surface area contributed by atoms with Crippen LogP contribution in [-0.2, 0) is 9.47 Å². The van der Waals surface area contributed by atoms with E-state index in [1.54, 1.807) is 0 Å². The summed E-state index contributed by atoms with van der Waals surface area (Å²) in [5.41, 5.74) is 0. The SMILES string of the molecule is CCCCCC/C=C\CCCCCCCCOC(OCCCCCCCC)C(C)N(C)C. The van der Waals surface area contributed by atoms with Crippen LogP contribution in [0.5, 0.6) is 0 Å². The Morgan fingerprint density at radius 2 is 0.938 bits per heavy atom. The van der Waals surface area contributed by atoms with Crippen molar-refractivity contribution in [2.45, 2.75) is 149 Å². The molecule has 0 aromatic heterocycles. The average molecular weight is 454 g/mol. The third-order valence-corrected chi connectivity index (χ3v) is 6.43. The molecule has 0 fully saturated rings. The van der Waals surface area contributed by atoms with E-state index in [1.165, 1.54) is 103 Å². The van der Waals surface area contributed by atoms with Gasteiger partial charge in [-0.2, -0.15) is 0 Å². The van der Waals surface area contributed by atoms with Crippen molar-refractivity contribution in [2.75, 3.05) is 27.3 Å². The number of hydrogen-bond acceptors (Lipinski definition) is 3. The van der Waals surface area contributed by atoms with Crippen LogP contribution in [0.15, 0.2) is 12.2 Å². The highest BCUT2D eigenvalue weighted by Gasteiger charge is 2.20. The molecule has 2 unspecified atom stereocenters. The monoisotopic (exact) mass is 453 g/mol. The summed E-state index contributed by atoms with van der Waals surface area (Å²) in [6.07, 6.45) is 28.3. The normalized spacial score (nSPS) is 13.9. The third kappa shape index (κ3) is 21.5. The van der Waals surface area contributed by atoms with Gasteiger partial charge in [-0.05, 0) is 59.5 Å². The number of ether oxygens (including phenoxy) is 2. The van der Waals surface area contributed by atoms with Gasteiger partial charge in [0.05, 0.1) is 6.04 Å². The molecule has 32 heavy (non-hydrogen) atoms. The van der Waals surface area contributed by atoms with Crippen LogP contribution in [-0.4, -0.2) is 44.5 Å². The molecule has 0 bridgehead atoms. The van der Waals surface area contributed by atoms with Crippen LogP contribution >= 0.6 is 0 Å². The molecule has 0 heterocycles. The molecule has 3 heteroatoms. The third-order valence-electron chi connectivity index (χ3n) is 6.43. The van der Waals surface area contributed by atoms with Gasteiger partial charge in [0.2, 0.25) is 0 Å². The molecule has 0 amide bonds. The zero-order valence-corrected chi connectivity index (χ0v) is 22.7. The molecular formula is C29H59NO2. The van der Waals surface area contributed by atoms with E-state index < -0.39 is 0 Å². The molecule has 0 spiro atoms. The number of rotatable bonds is 25. The van der Waals surface area contributed by atoms with Crippen LogP contribution in [0.1, 0.15) is 136 Å². The lowest BCUT2D eigenvalue weighted by molar-refractivity contribution is -0.172. The lowest BCUT2D eigenvalue weighted by Crippen LogP contribution is -2.40. The highest BCUT2D eigenvalue weighted by atomic mass is 16.7. The molecule has 0 radical (unpaired) electrons. The van der Waals surface area contributed by atoms with E-state index in [2.05, 4.69) is 51.9 Å². The molecular weight excluding hydrogens is 394 g/mol. The zero-order valence-electron chi connectivity index (χ0n) is 22.7. The molecule has 0 aliphatic heterocycles. The van der Waals surface area contributed by atoms with Crippen LogP contribution in [0.4, 0.5) is 0 Å². The Bertz CT molecular complexity index is 383. The highest BCUT2D eigenvalue weighted by Crippen LogP contribution is 2.13. The smallest absolute Gasteiger partial charge is 0.172 e. The van der Waals surface area contributed by atoms with Crippen molar-refractivity contribution in [3.63, 3.8) is 0 Å². The summed E-state index contributed by atoms with van der Waals surface area (Å²) in [6, 6.07) is 0.287. The fourth-order valence-corrected chi connectivity index (χ4v) is 3.85. The van der Waals surface area contributed by atoms with E-state index in [0.29, 0.717) is 0 Å². The molecule has 0 saturated carbocycles. The summed E-state index contributed by atoms with van der Waals surface area (Å²) < 4.78 is 12.3. The largest absolute Gasteiger partial charge is 0.351 e. The van der Waals surface area contributed by atoms with Crippen LogP contribution in [0.2, 0.25) is 0 Å². The first-order chi connectivity index (χ1) is 15.6. The van der Waals surface area contributed by atoms with Gasteiger partial charge in [-0.25, -0.2) is 0 Å². The van der Waals surface area contributed by atoms with Crippen LogP contribution in [0, 0.1) is 0 Å². The van der Waals surface area contributed by atoms with Crippen molar-refractivity contribution < 1.29 is 9.47 Å². The van der Waals surface area contributed by atoms with E-state index in [-0.39, 0.29) is 12.3 Å². The Hall–Kier alpha value is -0.380. The Kier molecular flexibility index (Phi) is 24.9. The summed E-state index contributed by atoms with van der Waals surface area (Å²) in [6.45, 7) is 8.38. The van der Waals surface area contributed by atoms with E-state index in [1.807, 2.05) is 0 Å². The maximum atomic E-state index is 6.14. The lowest BCUT2D eigenvalue weighted by Gasteiger charge is -2.29. The zero-order chi connectivity index (χ0) is 23.7. The topological polar surface area (TPSA) is 21.7 Å². The highest BCUT2D eigenvalue weighted by molar-refractivity contribution is 4.81. The summed E-state index contributed by atoms with van der Waals surface area (Å²) in [5.74, 6) is 0. The molecule has 3 nitrogen and oxygen atoms in total. The second-order valence-corrected chi connectivity index (χ2v) is 9.81. The number of hydrogen-bond donors (Lipinski definition) is 0. The Morgan fingerprint density at radius 1 is 0.562 bits per heavy atom. The van der Waals surface area contributed by atoms with Gasteiger partial charge in [0, 0.05) is 13.2 Å². The number of likely N-dealkylation sites (N-methyl/N-ethyl adjacent to an activating group) is 1. The summed E-state index contributed by atoms with van der Waals surface area (Å²) in [7, 11) is 4.22. The Labute approximate surface area is 202 Å². The van der Waals surface area contributed by atoms with Gasteiger partial charge >= 0.3 is 0 Å². The van der Waals surface area contributed by atoms with E-state index in [9.17, 15) is 0 Å². The van der Waals surface area contributed by atoms with Crippen molar-refractivity contribution >= 4 is 0 Å². The Balaban J connectivity index is 3.67. The molecule has 0 N–H and O–H groups in total. The minimum absolute atomic E-state index is 0.102. The van der Waals surface area contributed by atoms with E-state index >= 15 is 0 Å². The van der Waals surface area contributed by atoms with Crippen LogP contribution in [0.3, 0.4) is 0 Å². The van der Waals surface area contributed by atoms with Gasteiger partial charge in [0.15, 0.2) is 6.29 Å². The van der Waals surface area contributed by atoms with Gasteiger partial charge in [0.25, 0.3) is 0 Å². The first-order valence-corrected chi connectivity index (χ1v) is 14.2. The molecule has 192 valence electrons. The fraction of sp³-hybridized carbons (Fsp3) is 0.931. The average Bonchev–Trinajstić information content (AvgIpc) is 2.79. The number of nitrogens with zero attached hydrogens (tertiary/aromatic N) is 1. The van der Waals surface area contributed by atoms with Crippen LogP contribution in [0.25, 0.3) is 0 Å². The van der Waals surface area contributed by atoms with Gasteiger partial charge in [-0.1, -0.05) is 103 Å². The first-order valence-electron chi connectivity index (χ1n) is 14.2. The van der Waals surface area contributed by atoms with Crippen molar-refractivity contribution in [3.8, 4) is 0 Å². The molecule has 0 aliphatic carbocycles. The summed E-state index contributed by atoms with van der Waals surface area (Å²) in [5, 5.41) is 0. The van der Waals surface area contributed by atoms with Crippen LogP contribution < -0.4 is 0 Å². The molecule has 0 aromatic rings. The standard InChI is InChI=1S/C29H59NO2/c1-6-8-10-12-14-15-16-17-18-19-20-21-23-25-27-32-29(28(3)30(4)5)31-26-24-22-13-11-9-7-2/h15-16,28-29H,6-14,17-27H2,1-5H3/b16-15-. The quantitative estimate of drug-likeness (QED) is 0.0782. The molecule has 0 aliphatic rings. The predicted molar refractivity (Wildman–Crippen MR) is 142 cm³/mol. The second kappa shape index (κ2) is 25.2. The van der Waals surface area contributed by atoms with E-state index in [0.717, 1.165) is 26.1 Å². The van der Waals surface area contributed by atoms with Gasteiger partial charge < -0.3 is 14.4 Å². The lowest BCUT2D eigenvalue weighted by atomic mass is 10.1. The summed E-state index contributed by atoms with van der Waals surface area (Å²) in [4.78, 5) is 2.20. The van der Waals surface area contributed by atoms with Crippen molar-refractivity contribution in [1.82, 2.24) is 4.90 Å². The van der Waals surface area contributed by atoms with Gasteiger partial charge in [-0.3, -0.25) is 0 Å². The fourth-order valence-electron chi connectivity index (χ4n) is 3.85. The second-order valence-electron chi connectivity index (χ2n) is 9.81. The van der Waals surface area contributed by atoms with Crippen molar-refractivity contribution in [1.29, 1.82) is 0 Å². The summed E-state index contributed by atoms with van der Waals surface area (Å²) >= 11 is 0. The van der Waals surface area contributed by atoms with Gasteiger partial charge in [0.1, 0.15) is 0 Å². The molecule has 0 aromatic carbocycles.